The monoisotopic (exact) mass is 268 g/mol. The minimum absolute atomic E-state index is 0.0666. The second kappa shape index (κ2) is 5.07. The average Bonchev–Trinajstić information content (AvgIpc) is 3.13. The molecule has 1 aromatic rings. The molecule has 5 nitrogen and oxygen atoms in total. The number of amides is 1. The summed E-state index contributed by atoms with van der Waals surface area (Å²) < 4.78 is 25.7. The lowest BCUT2D eigenvalue weighted by Gasteiger charge is -2.12. The number of rotatable bonds is 5. The molecular formula is C12H16N2O3S. The van der Waals surface area contributed by atoms with E-state index in [1.54, 1.807) is 18.2 Å². The summed E-state index contributed by atoms with van der Waals surface area (Å²) >= 11 is 0. The molecule has 1 aliphatic rings. The van der Waals surface area contributed by atoms with E-state index in [-0.39, 0.29) is 4.90 Å². The van der Waals surface area contributed by atoms with Gasteiger partial charge in [0.05, 0.1) is 10.9 Å². The van der Waals surface area contributed by atoms with Crippen LogP contribution in [0.15, 0.2) is 35.2 Å². The first-order valence-electron chi connectivity index (χ1n) is 5.86. The summed E-state index contributed by atoms with van der Waals surface area (Å²) in [7, 11) is -3.80. The maximum atomic E-state index is 11.9. The molecule has 0 unspecified atom stereocenters. The minimum Gasteiger partial charge on any atom is -0.320 e. The molecule has 0 aromatic heterocycles. The molecule has 1 saturated carbocycles. The summed E-state index contributed by atoms with van der Waals surface area (Å²) in [6.45, 7) is 0. The first-order valence-corrected chi connectivity index (χ1v) is 7.34. The zero-order chi connectivity index (χ0) is 13.2. The van der Waals surface area contributed by atoms with Gasteiger partial charge in [-0.1, -0.05) is 31.0 Å². The third-order valence-electron chi connectivity index (χ3n) is 2.91. The standard InChI is InChI=1S/C12H16N2O3S/c13-11(8-9-6-7-9)12(15)14-18(16,17)10-4-2-1-3-5-10/h1-5,9,11H,6-8,13H2,(H,14,15)/t11-/m0/s1. The highest BCUT2D eigenvalue weighted by molar-refractivity contribution is 7.90. The molecule has 1 aliphatic carbocycles. The lowest BCUT2D eigenvalue weighted by atomic mass is 10.1. The van der Waals surface area contributed by atoms with E-state index in [1.165, 1.54) is 12.1 Å². The summed E-state index contributed by atoms with van der Waals surface area (Å²) in [6, 6.07) is 7.02. The van der Waals surface area contributed by atoms with Gasteiger partial charge in [-0.05, 0) is 24.5 Å². The van der Waals surface area contributed by atoms with Crippen LogP contribution in [-0.4, -0.2) is 20.4 Å². The number of nitrogens with one attached hydrogen (secondary N) is 1. The molecule has 18 heavy (non-hydrogen) atoms. The fourth-order valence-electron chi connectivity index (χ4n) is 1.69. The Morgan fingerprint density at radius 2 is 1.94 bits per heavy atom. The molecular weight excluding hydrogens is 252 g/mol. The maximum absolute atomic E-state index is 11.9. The van der Waals surface area contributed by atoms with Crippen molar-refractivity contribution in [2.45, 2.75) is 30.2 Å². The van der Waals surface area contributed by atoms with Gasteiger partial charge in [0, 0.05) is 0 Å². The van der Waals surface area contributed by atoms with Crippen molar-refractivity contribution in [2.75, 3.05) is 0 Å². The van der Waals surface area contributed by atoms with Crippen LogP contribution in [0.25, 0.3) is 0 Å². The van der Waals surface area contributed by atoms with Gasteiger partial charge in [0.15, 0.2) is 0 Å². The van der Waals surface area contributed by atoms with Crippen molar-refractivity contribution in [1.82, 2.24) is 4.72 Å². The van der Waals surface area contributed by atoms with Crippen LogP contribution >= 0.6 is 0 Å². The molecule has 0 saturated heterocycles. The molecule has 0 spiro atoms. The van der Waals surface area contributed by atoms with Gasteiger partial charge < -0.3 is 5.73 Å². The number of hydrogen-bond donors (Lipinski definition) is 2. The molecule has 0 aliphatic heterocycles. The van der Waals surface area contributed by atoms with Crippen LogP contribution in [0.3, 0.4) is 0 Å². The Morgan fingerprint density at radius 1 is 1.33 bits per heavy atom. The topological polar surface area (TPSA) is 89.3 Å². The van der Waals surface area contributed by atoms with Crippen molar-refractivity contribution in [3.63, 3.8) is 0 Å². The van der Waals surface area contributed by atoms with E-state index >= 15 is 0 Å². The normalized spacial score (nSPS) is 17.2. The number of sulfonamides is 1. The molecule has 1 amide bonds. The molecule has 6 heteroatoms. The predicted molar refractivity (Wildman–Crippen MR) is 67.1 cm³/mol. The van der Waals surface area contributed by atoms with Crippen molar-refractivity contribution in [3.8, 4) is 0 Å². The van der Waals surface area contributed by atoms with Crippen LogP contribution in [0, 0.1) is 5.92 Å². The zero-order valence-corrected chi connectivity index (χ0v) is 10.7. The molecule has 0 radical (unpaired) electrons. The molecule has 98 valence electrons. The molecule has 3 N–H and O–H groups in total. The van der Waals surface area contributed by atoms with Gasteiger partial charge in [-0.3, -0.25) is 4.79 Å². The number of carbonyl (C=O) groups excluding carboxylic acids is 1. The van der Waals surface area contributed by atoms with Gasteiger partial charge in [0.2, 0.25) is 0 Å². The first kappa shape index (κ1) is 13.0. The van der Waals surface area contributed by atoms with Crippen LogP contribution in [-0.2, 0) is 14.8 Å². The quantitative estimate of drug-likeness (QED) is 0.819. The van der Waals surface area contributed by atoms with Gasteiger partial charge in [-0.25, -0.2) is 13.1 Å². The number of benzene rings is 1. The van der Waals surface area contributed by atoms with Crippen molar-refractivity contribution in [3.05, 3.63) is 30.3 Å². The Bertz CT molecular complexity index is 524. The molecule has 0 bridgehead atoms. The van der Waals surface area contributed by atoms with Crippen molar-refractivity contribution in [2.24, 2.45) is 11.7 Å². The van der Waals surface area contributed by atoms with Gasteiger partial charge >= 0.3 is 0 Å². The second-order valence-electron chi connectivity index (χ2n) is 4.57. The third kappa shape index (κ3) is 3.30. The summed E-state index contributed by atoms with van der Waals surface area (Å²) in [6.07, 6.45) is 2.70. The largest absolute Gasteiger partial charge is 0.320 e. The van der Waals surface area contributed by atoms with Gasteiger partial charge in [0.25, 0.3) is 15.9 Å². The zero-order valence-electron chi connectivity index (χ0n) is 9.87. The first-order chi connectivity index (χ1) is 8.49. The van der Waals surface area contributed by atoms with Crippen LogP contribution in [0.4, 0.5) is 0 Å². The van der Waals surface area contributed by atoms with Crippen molar-refractivity contribution < 1.29 is 13.2 Å². The second-order valence-corrected chi connectivity index (χ2v) is 6.25. The molecule has 1 aromatic carbocycles. The Kier molecular flexibility index (Phi) is 3.68. The molecule has 2 rings (SSSR count). The molecule has 1 fully saturated rings. The summed E-state index contributed by atoms with van der Waals surface area (Å²) in [4.78, 5) is 11.7. The minimum atomic E-state index is -3.80. The Labute approximate surface area is 106 Å². The average molecular weight is 268 g/mol. The third-order valence-corrected chi connectivity index (χ3v) is 4.27. The van der Waals surface area contributed by atoms with Crippen LogP contribution in [0.1, 0.15) is 19.3 Å². The fourth-order valence-corrected chi connectivity index (χ4v) is 2.74. The van der Waals surface area contributed by atoms with E-state index in [0.29, 0.717) is 12.3 Å². The Morgan fingerprint density at radius 3 is 2.50 bits per heavy atom. The summed E-state index contributed by atoms with van der Waals surface area (Å²) in [5.41, 5.74) is 5.67. The molecule has 0 heterocycles. The van der Waals surface area contributed by atoms with E-state index in [9.17, 15) is 13.2 Å². The smallest absolute Gasteiger partial charge is 0.264 e. The highest BCUT2D eigenvalue weighted by atomic mass is 32.2. The Balaban J connectivity index is 2.01. The maximum Gasteiger partial charge on any atom is 0.264 e. The van der Waals surface area contributed by atoms with E-state index in [4.69, 9.17) is 5.73 Å². The van der Waals surface area contributed by atoms with E-state index in [0.717, 1.165) is 12.8 Å². The van der Waals surface area contributed by atoms with Gasteiger partial charge in [-0.15, -0.1) is 0 Å². The van der Waals surface area contributed by atoms with Crippen LogP contribution in [0.2, 0.25) is 0 Å². The highest BCUT2D eigenvalue weighted by Gasteiger charge is 2.29. The summed E-state index contributed by atoms with van der Waals surface area (Å²) in [5.74, 6) is -0.157. The number of carbonyl (C=O) groups is 1. The lowest BCUT2D eigenvalue weighted by Crippen LogP contribution is -2.43. The van der Waals surface area contributed by atoms with Crippen molar-refractivity contribution in [1.29, 1.82) is 0 Å². The predicted octanol–water partition coefficient (Wildman–Crippen LogP) is 0.619. The van der Waals surface area contributed by atoms with Crippen LogP contribution < -0.4 is 10.5 Å². The highest BCUT2D eigenvalue weighted by Crippen LogP contribution is 2.33. The fraction of sp³-hybridized carbons (Fsp3) is 0.417. The molecule has 1 atom stereocenters. The summed E-state index contributed by atoms with van der Waals surface area (Å²) in [5, 5.41) is 0. The van der Waals surface area contributed by atoms with Gasteiger partial charge in [-0.2, -0.15) is 0 Å². The van der Waals surface area contributed by atoms with Crippen molar-refractivity contribution >= 4 is 15.9 Å². The van der Waals surface area contributed by atoms with E-state index in [1.807, 2.05) is 4.72 Å². The number of hydrogen-bond acceptors (Lipinski definition) is 4. The van der Waals surface area contributed by atoms with Crippen LogP contribution in [0.5, 0.6) is 0 Å². The number of nitrogens with two attached hydrogens (primary N) is 1. The lowest BCUT2D eigenvalue weighted by molar-refractivity contribution is -0.120. The van der Waals surface area contributed by atoms with Gasteiger partial charge in [0.1, 0.15) is 0 Å². The van der Waals surface area contributed by atoms with E-state index < -0.39 is 22.0 Å². The Hall–Kier alpha value is -1.40. The van der Waals surface area contributed by atoms with E-state index in [2.05, 4.69) is 0 Å². The SMILES string of the molecule is N[C@@H](CC1CC1)C(=O)NS(=O)(=O)c1ccccc1.